The van der Waals surface area contributed by atoms with Crippen LogP contribution in [0.15, 0.2) is 121 Å². The third-order valence-electron chi connectivity index (χ3n) is 3.16. The molecule has 0 saturated heterocycles. The highest BCUT2D eigenvalue weighted by atomic mass is 16.3. The van der Waals surface area contributed by atoms with E-state index >= 15 is 0 Å². The van der Waals surface area contributed by atoms with Crippen molar-refractivity contribution in [1.82, 2.24) is 0 Å². The summed E-state index contributed by atoms with van der Waals surface area (Å²) in [6.45, 7) is 17.1. The van der Waals surface area contributed by atoms with E-state index in [1.807, 2.05) is 69.4 Å². The highest BCUT2D eigenvalue weighted by molar-refractivity contribution is 5.59. The van der Waals surface area contributed by atoms with Crippen molar-refractivity contribution in [2.75, 3.05) is 0 Å². The number of hydrogen-bond acceptors (Lipinski definition) is 1. The predicted molar refractivity (Wildman–Crippen MR) is 109 cm³/mol. The van der Waals surface area contributed by atoms with Gasteiger partial charge in [-0.1, -0.05) is 92.6 Å². The smallest absolute Gasteiger partial charge is 0.131 e. The summed E-state index contributed by atoms with van der Waals surface area (Å²) in [5.41, 5.74) is 3.08. The van der Waals surface area contributed by atoms with Gasteiger partial charge in [-0.25, -0.2) is 0 Å². The van der Waals surface area contributed by atoms with Gasteiger partial charge in [0, 0.05) is 11.1 Å². The molecule has 0 aliphatic heterocycles. The predicted octanol–water partition coefficient (Wildman–Crippen LogP) is 6.86. The Morgan fingerprint density at radius 3 is 1.96 bits per heavy atom. The Labute approximate surface area is 147 Å². The molecule has 0 bridgehead atoms. The molecule has 0 aromatic carbocycles. The molecular weight excluding hydrogens is 292 g/mol. The second-order valence-electron chi connectivity index (χ2n) is 4.77. The lowest BCUT2D eigenvalue weighted by atomic mass is 9.95. The highest BCUT2D eigenvalue weighted by Crippen LogP contribution is 2.27. The third kappa shape index (κ3) is 6.53. The van der Waals surface area contributed by atoms with Crippen molar-refractivity contribution in [2.24, 2.45) is 0 Å². The second kappa shape index (κ2) is 12.7. The Morgan fingerprint density at radius 1 is 0.792 bits per heavy atom. The lowest BCUT2D eigenvalue weighted by Crippen LogP contribution is -1.98. The maximum Gasteiger partial charge on any atom is 0.131 e. The first-order valence-electron chi connectivity index (χ1n) is 7.91. The summed E-state index contributed by atoms with van der Waals surface area (Å²) in [5, 5.41) is 10.9. The summed E-state index contributed by atoms with van der Waals surface area (Å²) in [6.07, 6.45) is 22.1. The Morgan fingerprint density at radius 2 is 1.50 bits per heavy atom. The molecule has 0 spiro atoms. The summed E-state index contributed by atoms with van der Waals surface area (Å²) in [5.74, 6) is 0.153. The van der Waals surface area contributed by atoms with Crippen LogP contribution < -0.4 is 0 Å². The van der Waals surface area contributed by atoms with Crippen molar-refractivity contribution in [3.63, 3.8) is 0 Å². The molecule has 0 aromatic rings. The van der Waals surface area contributed by atoms with E-state index < -0.39 is 0 Å². The van der Waals surface area contributed by atoms with Crippen LogP contribution in [0.5, 0.6) is 0 Å². The van der Waals surface area contributed by atoms with Gasteiger partial charge in [0.25, 0.3) is 0 Å². The molecule has 24 heavy (non-hydrogen) atoms. The first-order valence-corrected chi connectivity index (χ1v) is 7.91. The lowest BCUT2D eigenvalue weighted by Gasteiger charge is -2.13. The van der Waals surface area contributed by atoms with Crippen molar-refractivity contribution in [1.29, 1.82) is 0 Å². The molecule has 0 rings (SSSR count). The van der Waals surface area contributed by atoms with E-state index in [2.05, 4.69) is 19.7 Å². The van der Waals surface area contributed by atoms with Crippen molar-refractivity contribution in [3.05, 3.63) is 121 Å². The molecule has 0 unspecified atom stereocenters. The van der Waals surface area contributed by atoms with E-state index in [4.69, 9.17) is 0 Å². The van der Waals surface area contributed by atoms with Crippen LogP contribution in [0.4, 0.5) is 0 Å². The molecular formula is C23H28O. The van der Waals surface area contributed by atoms with Gasteiger partial charge in [-0.2, -0.15) is 0 Å². The van der Waals surface area contributed by atoms with E-state index in [9.17, 15) is 5.11 Å². The van der Waals surface area contributed by atoms with Crippen LogP contribution in [0.3, 0.4) is 0 Å². The molecule has 0 heterocycles. The largest absolute Gasteiger partial charge is 0.507 e. The maximum atomic E-state index is 10.9. The second-order valence-corrected chi connectivity index (χ2v) is 4.77. The molecule has 1 heteroatoms. The molecule has 1 nitrogen and oxygen atoms in total. The molecule has 0 aromatic heterocycles. The summed E-state index contributed by atoms with van der Waals surface area (Å²) < 4.78 is 0. The number of aliphatic hydroxyl groups excluding tert-OH is 1. The minimum atomic E-state index is 0.153. The van der Waals surface area contributed by atoms with Gasteiger partial charge in [0.2, 0.25) is 0 Å². The van der Waals surface area contributed by atoms with Crippen LogP contribution >= 0.6 is 0 Å². The van der Waals surface area contributed by atoms with Crippen molar-refractivity contribution < 1.29 is 5.11 Å². The monoisotopic (exact) mass is 320 g/mol. The van der Waals surface area contributed by atoms with Crippen LogP contribution in [-0.2, 0) is 0 Å². The van der Waals surface area contributed by atoms with E-state index in [0.717, 1.165) is 11.1 Å². The molecule has 0 radical (unpaired) electrons. The van der Waals surface area contributed by atoms with Crippen LogP contribution in [-0.4, -0.2) is 5.11 Å². The number of hydrogen-bond donors (Lipinski definition) is 1. The SMILES string of the molecule is C=C\C=C/C(=C\C)C(/C=C)=C(O)/C(=C\C=C)C(/C=C\C)=C/C=C\C. The quantitative estimate of drug-likeness (QED) is 0.363. The van der Waals surface area contributed by atoms with Gasteiger partial charge in [-0.3, -0.25) is 0 Å². The molecule has 0 amide bonds. The van der Waals surface area contributed by atoms with Crippen molar-refractivity contribution >= 4 is 0 Å². The molecule has 0 atom stereocenters. The summed E-state index contributed by atoms with van der Waals surface area (Å²) >= 11 is 0. The zero-order valence-electron chi connectivity index (χ0n) is 15.0. The maximum absolute atomic E-state index is 10.9. The third-order valence-corrected chi connectivity index (χ3v) is 3.16. The fraction of sp³-hybridized carbons (Fsp3) is 0.130. The minimum Gasteiger partial charge on any atom is -0.507 e. The van der Waals surface area contributed by atoms with Crippen LogP contribution in [0.2, 0.25) is 0 Å². The molecule has 126 valence electrons. The highest BCUT2D eigenvalue weighted by Gasteiger charge is 2.12. The number of rotatable bonds is 9. The average Bonchev–Trinajstić information content (AvgIpc) is 2.59. The lowest BCUT2D eigenvalue weighted by molar-refractivity contribution is 0.421. The van der Waals surface area contributed by atoms with Gasteiger partial charge in [0.15, 0.2) is 0 Å². The minimum absolute atomic E-state index is 0.153. The van der Waals surface area contributed by atoms with Crippen LogP contribution in [0, 0.1) is 0 Å². The van der Waals surface area contributed by atoms with Crippen molar-refractivity contribution in [3.8, 4) is 0 Å². The fourth-order valence-electron chi connectivity index (χ4n) is 2.05. The Balaban J connectivity index is 6.43. The Kier molecular flexibility index (Phi) is 11.2. The van der Waals surface area contributed by atoms with Crippen LogP contribution in [0.1, 0.15) is 20.8 Å². The van der Waals surface area contributed by atoms with Gasteiger partial charge in [-0.15, -0.1) is 0 Å². The molecule has 0 fully saturated rings. The standard InChI is InChI=1S/C23H28O/c1-7-13-17-19(11-5)21(12-6)23(24)22(16-10-4)20(15-9-3)18-14-8-2/h7-18,24H,1,4,6H2,2-3,5H3/b14-8-,15-9-,17-13-,19-11+,20-18+,22-16-,23-21-. The van der Waals surface area contributed by atoms with E-state index in [1.54, 1.807) is 24.3 Å². The van der Waals surface area contributed by atoms with Gasteiger partial charge in [0.05, 0.1) is 0 Å². The number of allylic oxidation sites excluding steroid dienone is 15. The fourth-order valence-corrected chi connectivity index (χ4v) is 2.05. The summed E-state index contributed by atoms with van der Waals surface area (Å²) in [4.78, 5) is 0. The van der Waals surface area contributed by atoms with E-state index in [-0.39, 0.29) is 5.76 Å². The summed E-state index contributed by atoms with van der Waals surface area (Å²) in [6, 6.07) is 0. The molecule has 0 aliphatic carbocycles. The normalized spacial score (nSPS) is 15.2. The molecule has 0 saturated carbocycles. The molecule has 0 aliphatic rings. The average molecular weight is 320 g/mol. The van der Waals surface area contributed by atoms with Gasteiger partial charge < -0.3 is 5.11 Å². The van der Waals surface area contributed by atoms with Crippen LogP contribution in [0.25, 0.3) is 0 Å². The zero-order chi connectivity index (χ0) is 18.4. The zero-order valence-corrected chi connectivity index (χ0v) is 15.0. The van der Waals surface area contributed by atoms with E-state index in [0.29, 0.717) is 11.1 Å². The Bertz CT molecular complexity index is 656. The van der Waals surface area contributed by atoms with Gasteiger partial charge >= 0.3 is 0 Å². The molecule has 1 N–H and O–H groups in total. The Hall–Kier alpha value is -2.80. The topological polar surface area (TPSA) is 20.2 Å². The number of aliphatic hydroxyl groups is 1. The van der Waals surface area contributed by atoms with E-state index in [1.165, 1.54) is 0 Å². The first-order chi connectivity index (χ1) is 11.6. The van der Waals surface area contributed by atoms with Gasteiger partial charge in [0.1, 0.15) is 5.76 Å². The first kappa shape index (κ1) is 21.2. The van der Waals surface area contributed by atoms with Crippen molar-refractivity contribution in [2.45, 2.75) is 20.8 Å². The summed E-state index contributed by atoms with van der Waals surface area (Å²) in [7, 11) is 0. The van der Waals surface area contributed by atoms with Gasteiger partial charge in [-0.05, 0) is 31.9 Å².